The van der Waals surface area contributed by atoms with Crippen molar-refractivity contribution in [3.8, 4) is 0 Å². The summed E-state index contributed by atoms with van der Waals surface area (Å²) < 4.78 is 7.44. The molecule has 2 aromatic rings. The fraction of sp³-hybridized carbons (Fsp3) is 0.500. The monoisotopic (exact) mass is 245 g/mol. The largest absolute Gasteiger partial charge is 0.380 e. The Morgan fingerprint density at radius 3 is 3.11 bits per heavy atom. The molecule has 1 N–H and O–H groups in total. The molecule has 0 aliphatic carbocycles. The van der Waals surface area contributed by atoms with Crippen LogP contribution in [0.1, 0.15) is 19.0 Å². The van der Waals surface area contributed by atoms with Crippen LogP contribution in [0.25, 0.3) is 10.9 Å². The maximum atomic E-state index is 5.37. The van der Waals surface area contributed by atoms with Gasteiger partial charge in [-0.3, -0.25) is 4.68 Å². The third-order valence-electron chi connectivity index (χ3n) is 3.52. The topological polar surface area (TPSA) is 39.1 Å². The summed E-state index contributed by atoms with van der Waals surface area (Å²) in [7, 11) is 0. The number of nitrogens with one attached hydrogen (secondary N) is 1. The van der Waals surface area contributed by atoms with Crippen molar-refractivity contribution in [2.75, 3.05) is 13.2 Å². The van der Waals surface area contributed by atoms with E-state index >= 15 is 0 Å². The van der Waals surface area contributed by atoms with Gasteiger partial charge in [0.25, 0.3) is 0 Å². The smallest absolute Gasteiger partial charge is 0.0841 e. The van der Waals surface area contributed by atoms with Crippen molar-refractivity contribution in [1.29, 1.82) is 0 Å². The van der Waals surface area contributed by atoms with Gasteiger partial charge in [-0.25, -0.2) is 0 Å². The summed E-state index contributed by atoms with van der Waals surface area (Å²) >= 11 is 0. The van der Waals surface area contributed by atoms with Gasteiger partial charge in [-0.1, -0.05) is 18.2 Å². The second kappa shape index (κ2) is 5.08. The van der Waals surface area contributed by atoms with Gasteiger partial charge in [0.1, 0.15) is 0 Å². The van der Waals surface area contributed by atoms with Crippen LogP contribution >= 0.6 is 0 Å². The van der Waals surface area contributed by atoms with Gasteiger partial charge in [0, 0.05) is 31.1 Å². The molecule has 1 unspecified atom stereocenters. The molecule has 18 heavy (non-hydrogen) atoms. The minimum atomic E-state index is 0.482. The van der Waals surface area contributed by atoms with E-state index in [1.165, 1.54) is 10.9 Å². The lowest BCUT2D eigenvalue weighted by Crippen LogP contribution is -2.28. The maximum Gasteiger partial charge on any atom is 0.0841 e. The third-order valence-corrected chi connectivity index (χ3v) is 3.52. The van der Waals surface area contributed by atoms with E-state index in [1.807, 2.05) is 0 Å². The number of ether oxygens (including phenoxy) is 1. The first-order chi connectivity index (χ1) is 8.88. The van der Waals surface area contributed by atoms with Crippen LogP contribution in [-0.4, -0.2) is 29.0 Å². The molecule has 96 valence electrons. The molecule has 0 amide bonds. The second-order valence-electron chi connectivity index (χ2n) is 4.72. The fourth-order valence-corrected chi connectivity index (χ4v) is 2.50. The van der Waals surface area contributed by atoms with Gasteiger partial charge < -0.3 is 10.1 Å². The Hall–Kier alpha value is -1.39. The van der Waals surface area contributed by atoms with Crippen molar-refractivity contribution in [2.24, 2.45) is 0 Å². The van der Waals surface area contributed by atoms with Crippen LogP contribution < -0.4 is 5.32 Å². The molecular weight excluding hydrogens is 226 g/mol. The molecule has 1 atom stereocenters. The van der Waals surface area contributed by atoms with Crippen LogP contribution in [0.3, 0.4) is 0 Å². The molecule has 1 fully saturated rings. The van der Waals surface area contributed by atoms with Gasteiger partial charge in [0.05, 0.1) is 17.8 Å². The van der Waals surface area contributed by atoms with Crippen molar-refractivity contribution in [3.63, 3.8) is 0 Å². The number of benzene rings is 1. The summed E-state index contributed by atoms with van der Waals surface area (Å²) in [5.74, 6) is 0. The highest BCUT2D eigenvalue weighted by Gasteiger charge is 2.16. The molecule has 0 spiro atoms. The van der Waals surface area contributed by atoms with E-state index in [0.29, 0.717) is 6.04 Å². The van der Waals surface area contributed by atoms with Crippen LogP contribution in [0.4, 0.5) is 0 Å². The lowest BCUT2D eigenvalue weighted by molar-refractivity contribution is 0.189. The highest BCUT2D eigenvalue weighted by atomic mass is 16.5. The lowest BCUT2D eigenvalue weighted by Gasteiger charge is -2.08. The highest BCUT2D eigenvalue weighted by Crippen LogP contribution is 2.18. The van der Waals surface area contributed by atoms with Gasteiger partial charge in [0.2, 0.25) is 0 Å². The SMILES string of the molecule is CCn1nc(CNC2CCOC2)c2ccccc21. The fourth-order valence-electron chi connectivity index (χ4n) is 2.50. The molecule has 1 saturated heterocycles. The number of rotatable bonds is 4. The average molecular weight is 245 g/mol. The predicted octanol–water partition coefficient (Wildman–Crippen LogP) is 1.93. The molecule has 0 bridgehead atoms. The molecule has 1 aromatic heterocycles. The Kier molecular flexibility index (Phi) is 3.30. The minimum Gasteiger partial charge on any atom is -0.380 e. The summed E-state index contributed by atoms with van der Waals surface area (Å²) in [5.41, 5.74) is 2.36. The number of nitrogens with zero attached hydrogens (tertiary/aromatic N) is 2. The normalized spacial score (nSPS) is 19.7. The Morgan fingerprint density at radius 2 is 2.33 bits per heavy atom. The predicted molar refractivity (Wildman–Crippen MR) is 71.5 cm³/mol. The van der Waals surface area contributed by atoms with Crippen LogP contribution in [0, 0.1) is 0 Å². The first-order valence-corrected chi connectivity index (χ1v) is 6.64. The Morgan fingerprint density at radius 1 is 1.44 bits per heavy atom. The van der Waals surface area contributed by atoms with Crippen molar-refractivity contribution in [3.05, 3.63) is 30.0 Å². The summed E-state index contributed by atoms with van der Waals surface area (Å²) in [6, 6.07) is 8.91. The van der Waals surface area contributed by atoms with Crippen LogP contribution in [0.2, 0.25) is 0 Å². The van der Waals surface area contributed by atoms with Gasteiger partial charge in [-0.2, -0.15) is 5.10 Å². The molecule has 2 heterocycles. The van der Waals surface area contributed by atoms with E-state index in [2.05, 4.69) is 46.3 Å². The molecule has 3 rings (SSSR count). The van der Waals surface area contributed by atoms with Gasteiger partial charge in [-0.05, 0) is 19.4 Å². The van der Waals surface area contributed by atoms with Crippen LogP contribution in [0.5, 0.6) is 0 Å². The lowest BCUT2D eigenvalue weighted by atomic mass is 10.2. The van der Waals surface area contributed by atoms with Crippen molar-refractivity contribution < 1.29 is 4.74 Å². The number of aryl methyl sites for hydroxylation is 1. The molecule has 1 aliphatic heterocycles. The Labute approximate surface area is 107 Å². The summed E-state index contributed by atoms with van der Waals surface area (Å²) in [4.78, 5) is 0. The minimum absolute atomic E-state index is 0.482. The molecule has 1 aromatic carbocycles. The molecule has 0 radical (unpaired) electrons. The molecule has 4 nitrogen and oxygen atoms in total. The van der Waals surface area contributed by atoms with E-state index in [-0.39, 0.29) is 0 Å². The van der Waals surface area contributed by atoms with Gasteiger partial charge >= 0.3 is 0 Å². The van der Waals surface area contributed by atoms with E-state index in [0.717, 1.165) is 38.4 Å². The van der Waals surface area contributed by atoms with Gasteiger partial charge in [0.15, 0.2) is 0 Å². The number of aromatic nitrogens is 2. The quantitative estimate of drug-likeness (QED) is 0.894. The zero-order chi connectivity index (χ0) is 12.4. The summed E-state index contributed by atoms with van der Waals surface area (Å²) in [6.07, 6.45) is 1.10. The Balaban J connectivity index is 1.82. The van der Waals surface area contributed by atoms with E-state index < -0.39 is 0 Å². The summed E-state index contributed by atoms with van der Waals surface area (Å²) in [5, 5.41) is 9.46. The standard InChI is InChI=1S/C14H19N3O/c1-2-17-14-6-4-3-5-12(14)13(16-17)9-15-11-7-8-18-10-11/h3-6,11,15H,2,7-10H2,1H3. The van der Waals surface area contributed by atoms with Crippen LogP contribution in [-0.2, 0) is 17.8 Å². The van der Waals surface area contributed by atoms with E-state index in [9.17, 15) is 0 Å². The number of para-hydroxylation sites is 1. The molecule has 0 saturated carbocycles. The van der Waals surface area contributed by atoms with Crippen molar-refractivity contribution in [1.82, 2.24) is 15.1 Å². The zero-order valence-corrected chi connectivity index (χ0v) is 10.7. The molecule has 1 aliphatic rings. The zero-order valence-electron chi connectivity index (χ0n) is 10.7. The first kappa shape index (κ1) is 11.7. The number of fused-ring (bicyclic) bond motifs is 1. The highest BCUT2D eigenvalue weighted by molar-refractivity contribution is 5.81. The first-order valence-electron chi connectivity index (χ1n) is 6.64. The number of hydrogen-bond donors (Lipinski definition) is 1. The second-order valence-corrected chi connectivity index (χ2v) is 4.72. The van der Waals surface area contributed by atoms with Crippen LogP contribution in [0.15, 0.2) is 24.3 Å². The van der Waals surface area contributed by atoms with Crippen molar-refractivity contribution in [2.45, 2.75) is 32.5 Å². The third kappa shape index (κ3) is 2.13. The number of hydrogen-bond acceptors (Lipinski definition) is 3. The summed E-state index contributed by atoms with van der Waals surface area (Å²) in [6.45, 7) is 5.56. The average Bonchev–Trinajstić information content (AvgIpc) is 3.04. The molecule has 4 heteroatoms. The van der Waals surface area contributed by atoms with Gasteiger partial charge in [-0.15, -0.1) is 0 Å². The Bertz CT molecular complexity index is 529. The van der Waals surface area contributed by atoms with Crippen molar-refractivity contribution >= 4 is 10.9 Å². The van der Waals surface area contributed by atoms with E-state index in [4.69, 9.17) is 4.74 Å². The van der Waals surface area contributed by atoms with E-state index in [1.54, 1.807) is 0 Å². The maximum absolute atomic E-state index is 5.37. The molecular formula is C14H19N3O.